The molecule has 0 saturated carbocycles. The van der Waals surface area contributed by atoms with Crippen molar-refractivity contribution in [3.05, 3.63) is 52.2 Å². The fourth-order valence-electron chi connectivity index (χ4n) is 2.89. The topological polar surface area (TPSA) is 49.4 Å². The van der Waals surface area contributed by atoms with Gasteiger partial charge in [-0.15, -0.1) is 11.3 Å². The highest BCUT2D eigenvalue weighted by Crippen LogP contribution is 2.20. The molecule has 1 aliphatic heterocycles. The van der Waals surface area contributed by atoms with E-state index in [-0.39, 0.29) is 11.8 Å². The monoisotopic (exact) mass is 328 g/mol. The lowest BCUT2D eigenvalue weighted by atomic mass is 9.99. The summed E-state index contributed by atoms with van der Waals surface area (Å²) in [6.07, 6.45) is 2.24. The summed E-state index contributed by atoms with van der Waals surface area (Å²) in [7, 11) is 0. The normalized spacial score (nSPS) is 17.8. The minimum atomic E-state index is -0.142. The third-order valence-electron chi connectivity index (χ3n) is 4.06. The van der Waals surface area contributed by atoms with Crippen molar-refractivity contribution in [3.63, 3.8) is 0 Å². The number of hydrogen-bond donors (Lipinski definition) is 1. The summed E-state index contributed by atoms with van der Waals surface area (Å²) in [6.45, 7) is 3.80. The van der Waals surface area contributed by atoms with Crippen LogP contribution in [0.15, 0.2) is 41.8 Å². The Bertz CT molecular complexity index is 697. The number of thiophene rings is 1. The van der Waals surface area contributed by atoms with E-state index in [4.69, 9.17) is 0 Å². The molecule has 1 N–H and O–H groups in total. The summed E-state index contributed by atoms with van der Waals surface area (Å²) in [6, 6.07) is 10.8. The smallest absolute Gasteiger partial charge is 0.265 e. The molecule has 0 spiro atoms. The van der Waals surface area contributed by atoms with E-state index in [2.05, 4.69) is 12.2 Å². The van der Waals surface area contributed by atoms with Crippen LogP contribution in [-0.2, 0) is 0 Å². The van der Waals surface area contributed by atoms with Crippen LogP contribution in [0, 0.1) is 5.92 Å². The van der Waals surface area contributed by atoms with Crippen LogP contribution in [-0.4, -0.2) is 29.8 Å². The number of anilines is 1. The van der Waals surface area contributed by atoms with Crippen molar-refractivity contribution in [3.8, 4) is 0 Å². The molecule has 2 aromatic rings. The molecule has 5 heteroatoms. The van der Waals surface area contributed by atoms with Crippen molar-refractivity contribution in [2.75, 3.05) is 18.4 Å². The molecule has 2 heterocycles. The summed E-state index contributed by atoms with van der Waals surface area (Å²) in [5, 5.41) is 4.72. The summed E-state index contributed by atoms with van der Waals surface area (Å²) >= 11 is 1.40. The first-order chi connectivity index (χ1) is 11.1. The number of carbonyl (C=O) groups is 2. The van der Waals surface area contributed by atoms with Gasteiger partial charge in [-0.05, 0) is 48.4 Å². The molecule has 3 rings (SSSR count). The highest BCUT2D eigenvalue weighted by molar-refractivity contribution is 7.12. The van der Waals surface area contributed by atoms with Crippen LogP contribution in [0.3, 0.4) is 0 Å². The lowest BCUT2D eigenvalue weighted by Crippen LogP contribution is -2.39. The lowest BCUT2D eigenvalue weighted by Gasteiger charge is -2.31. The molecule has 1 aromatic heterocycles. The van der Waals surface area contributed by atoms with Gasteiger partial charge in [0.25, 0.3) is 11.8 Å². The van der Waals surface area contributed by atoms with Crippen molar-refractivity contribution in [1.82, 2.24) is 4.90 Å². The maximum absolute atomic E-state index is 12.6. The fourth-order valence-corrected chi connectivity index (χ4v) is 3.51. The molecule has 4 nitrogen and oxygen atoms in total. The van der Waals surface area contributed by atoms with Crippen molar-refractivity contribution < 1.29 is 9.59 Å². The number of piperidine rings is 1. The van der Waals surface area contributed by atoms with Gasteiger partial charge in [0.05, 0.1) is 4.88 Å². The van der Waals surface area contributed by atoms with Crippen LogP contribution < -0.4 is 5.32 Å². The van der Waals surface area contributed by atoms with Gasteiger partial charge in [-0.2, -0.15) is 0 Å². The predicted molar refractivity (Wildman–Crippen MR) is 93.0 cm³/mol. The molecular weight excluding hydrogens is 308 g/mol. The molecule has 1 aliphatic rings. The van der Waals surface area contributed by atoms with Gasteiger partial charge in [-0.1, -0.05) is 19.1 Å². The second kappa shape index (κ2) is 6.96. The van der Waals surface area contributed by atoms with Crippen LogP contribution in [0.4, 0.5) is 5.69 Å². The third-order valence-corrected chi connectivity index (χ3v) is 4.93. The SMILES string of the molecule is C[C@H]1CCCN(C(=O)c2cccc(NC(=O)c3cccs3)c2)C1. The minimum absolute atomic E-state index is 0.0452. The lowest BCUT2D eigenvalue weighted by molar-refractivity contribution is 0.0683. The van der Waals surface area contributed by atoms with Crippen LogP contribution in [0.25, 0.3) is 0 Å². The van der Waals surface area contributed by atoms with Crippen LogP contribution in [0.1, 0.15) is 39.8 Å². The molecule has 1 aromatic carbocycles. The summed E-state index contributed by atoms with van der Waals surface area (Å²) < 4.78 is 0. The Hall–Kier alpha value is -2.14. The Labute approximate surface area is 140 Å². The van der Waals surface area contributed by atoms with Gasteiger partial charge in [0.2, 0.25) is 0 Å². The van der Waals surface area contributed by atoms with Crippen molar-refractivity contribution in [2.24, 2.45) is 5.92 Å². The Balaban J connectivity index is 1.72. The number of hydrogen-bond acceptors (Lipinski definition) is 3. The number of carbonyl (C=O) groups excluding carboxylic acids is 2. The molecule has 2 amide bonds. The average molecular weight is 328 g/mol. The van der Waals surface area contributed by atoms with E-state index >= 15 is 0 Å². The first kappa shape index (κ1) is 15.7. The Morgan fingerprint density at radius 2 is 2.13 bits per heavy atom. The number of benzene rings is 1. The summed E-state index contributed by atoms with van der Waals surface area (Å²) in [5.41, 5.74) is 1.28. The number of rotatable bonds is 3. The molecule has 0 radical (unpaired) electrons. The first-order valence-corrected chi connectivity index (χ1v) is 8.75. The van der Waals surface area contributed by atoms with Crippen LogP contribution >= 0.6 is 11.3 Å². The summed E-state index contributed by atoms with van der Waals surface area (Å²) in [4.78, 5) is 27.3. The van der Waals surface area contributed by atoms with E-state index in [0.29, 0.717) is 22.0 Å². The number of likely N-dealkylation sites (tertiary alicyclic amines) is 1. The number of amides is 2. The molecule has 1 atom stereocenters. The average Bonchev–Trinajstić information content (AvgIpc) is 3.09. The van der Waals surface area contributed by atoms with Crippen molar-refractivity contribution in [2.45, 2.75) is 19.8 Å². The summed E-state index contributed by atoms with van der Waals surface area (Å²) in [5.74, 6) is 0.453. The van der Waals surface area contributed by atoms with Gasteiger partial charge in [0.15, 0.2) is 0 Å². The molecule has 1 saturated heterocycles. The molecule has 0 unspecified atom stereocenters. The highest BCUT2D eigenvalue weighted by atomic mass is 32.1. The van der Waals surface area contributed by atoms with E-state index in [1.165, 1.54) is 17.8 Å². The first-order valence-electron chi connectivity index (χ1n) is 7.87. The molecule has 1 fully saturated rings. The zero-order valence-corrected chi connectivity index (χ0v) is 13.9. The van der Waals surface area contributed by atoms with Gasteiger partial charge in [0, 0.05) is 24.3 Å². The van der Waals surface area contributed by atoms with Crippen molar-refractivity contribution in [1.29, 1.82) is 0 Å². The largest absolute Gasteiger partial charge is 0.338 e. The van der Waals surface area contributed by atoms with E-state index < -0.39 is 0 Å². The van der Waals surface area contributed by atoms with Gasteiger partial charge >= 0.3 is 0 Å². The van der Waals surface area contributed by atoms with Gasteiger partial charge in [0.1, 0.15) is 0 Å². The van der Waals surface area contributed by atoms with Crippen molar-refractivity contribution >= 4 is 28.8 Å². The van der Waals surface area contributed by atoms with E-state index in [9.17, 15) is 9.59 Å². The molecule has 0 aliphatic carbocycles. The fraction of sp³-hybridized carbons (Fsp3) is 0.333. The Kier molecular flexibility index (Phi) is 4.76. The van der Waals surface area contributed by atoms with Gasteiger partial charge in [-0.3, -0.25) is 9.59 Å². The van der Waals surface area contributed by atoms with Crippen LogP contribution in [0.2, 0.25) is 0 Å². The predicted octanol–water partition coefficient (Wildman–Crippen LogP) is 3.87. The number of nitrogens with one attached hydrogen (secondary N) is 1. The highest BCUT2D eigenvalue weighted by Gasteiger charge is 2.22. The third kappa shape index (κ3) is 3.79. The molecular formula is C18H20N2O2S. The Morgan fingerprint density at radius 3 is 2.87 bits per heavy atom. The number of nitrogens with zero attached hydrogens (tertiary/aromatic N) is 1. The van der Waals surface area contributed by atoms with E-state index in [1.807, 2.05) is 28.5 Å². The molecule has 23 heavy (non-hydrogen) atoms. The second-order valence-electron chi connectivity index (χ2n) is 6.01. The zero-order chi connectivity index (χ0) is 16.2. The van der Waals surface area contributed by atoms with Crippen LogP contribution in [0.5, 0.6) is 0 Å². The molecule has 120 valence electrons. The Morgan fingerprint density at radius 1 is 1.26 bits per heavy atom. The maximum Gasteiger partial charge on any atom is 0.265 e. The standard InChI is InChI=1S/C18H20N2O2S/c1-13-5-3-9-20(12-13)18(22)14-6-2-7-15(11-14)19-17(21)16-8-4-10-23-16/h2,4,6-8,10-11,13H,3,5,9,12H2,1H3,(H,19,21)/t13-/m0/s1. The van der Waals surface area contributed by atoms with Gasteiger partial charge in [-0.25, -0.2) is 0 Å². The van der Waals surface area contributed by atoms with E-state index in [1.54, 1.807) is 18.2 Å². The second-order valence-corrected chi connectivity index (χ2v) is 6.96. The minimum Gasteiger partial charge on any atom is -0.338 e. The van der Waals surface area contributed by atoms with E-state index in [0.717, 1.165) is 19.5 Å². The zero-order valence-electron chi connectivity index (χ0n) is 13.1. The van der Waals surface area contributed by atoms with Gasteiger partial charge < -0.3 is 10.2 Å². The molecule has 0 bridgehead atoms. The quantitative estimate of drug-likeness (QED) is 0.930. The maximum atomic E-state index is 12.6.